The number of aromatic nitrogens is 2. The van der Waals surface area contributed by atoms with Crippen molar-refractivity contribution in [2.75, 3.05) is 0 Å². The highest BCUT2D eigenvalue weighted by Gasteiger charge is 2.09. The molecule has 0 bridgehead atoms. The maximum Gasteiger partial charge on any atom is 0.346 e. The van der Waals surface area contributed by atoms with Crippen molar-refractivity contribution < 1.29 is 0 Å². The number of H-pyrrole nitrogens is 1. The normalized spacial score (nSPS) is 10.3. The molecule has 0 aliphatic carbocycles. The zero-order valence-corrected chi connectivity index (χ0v) is 9.84. The number of nitrogens with zero attached hydrogens (tertiary/aromatic N) is 1. The number of rotatable bonds is 1. The Morgan fingerprint density at radius 1 is 1.27 bits per heavy atom. The summed E-state index contributed by atoms with van der Waals surface area (Å²) in [5, 5.41) is 0.258. The average Bonchev–Trinajstić information content (AvgIpc) is 2.24. The molecule has 0 amide bonds. The van der Waals surface area contributed by atoms with Crippen molar-refractivity contribution in [1.29, 1.82) is 0 Å². The minimum Gasteiger partial charge on any atom is -0.295 e. The van der Waals surface area contributed by atoms with Crippen LogP contribution >= 0.6 is 27.5 Å². The van der Waals surface area contributed by atoms with E-state index >= 15 is 0 Å². The number of nitrogens with one attached hydrogen (secondary N) is 1. The van der Waals surface area contributed by atoms with Gasteiger partial charge < -0.3 is 0 Å². The van der Waals surface area contributed by atoms with Crippen LogP contribution in [0.4, 0.5) is 0 Å². The highest BCUT2D eigenvalue weighted by molar-refractivity contribution is 9.10. The van der Waals surface area contributed by atoms with Gasteiger partial charge in [-0.05, 0) is 15.9 Å². The fraction of sp³-hybridized carbons (Fsp3) is 0. The van der Waals surface area contributed by atoms with Crippen LogP contribution in [0.25, 0.3) is 11.3 Å². The van der Waals surface area contributed by atoms with E-state index in [9.17, 15) is 4.79 Å². The number of aromatic amines is 1. The monoisotopic (exact) mass is 284 g/mol. The first kappa shape index (κ1) is 10.4. The Labute approximate surface area is 99.3 Å². The number of benzene rings is 1. The molecule has 0 radical (unpaired) electrons. The van der Waals surface area contributed by atoms with Crippen molar-refractivity contribution >= 4 is 27.5 Å². The van der Waals surface area contributed by atoms with Gasteiger partial charge in [0, 0.05) is 5.56 Å². The molecule has 0 saturated heterocycles. The first-order valence-corrected chi connectivity index (χ1v) is 5.36. The lowest BCUT2D eigenvalue weighted by molar-refractivity contribution is 1.07. The molecule has 1 N–H and O–H groups in total. The van der Waals surface area contributed by atoms with Crippen LogP contribution in [0.2, 0.25) is 5.15 Å². The molecule has 76 valence electrons. The van der Waals surface area contributed by atoms with Crippen molar-refractivity contribution in [1.82, 2.24) is 9.97 Å². The summed E-state index contributed by atoms with van der Waals surface area (Å²) in [7, 11) is 0. The van der Waals surface area contributed by atoms with E-state index < -0.39 is 5.69 Å². The predicted molar refractivity (Wildman–Crippen MR) is 63.0 cm³/mol. The van der Waals surface area contributed by atoms with Gasteiger partial charge in [-0.1, -0.05) is 41.9 Å². The molecule has 0 atom stereocenters. The first-order chi connectivity index (χ1) is 7.18. The van der Waals surface area contributed by atoms with E-state index in [0.29, 0.717) is 10.2 Å². The minimum atomic E-state index is -0.456. The van der Waals surface area contributed by atoms with Gasteiger partial charge in [-0.3, -0.25) is 4.98 Å². The van der Waals surface area contributed by atoms with Crippen LogP contribution in [-0.2, 0) is 0 Å². The summed E-state index contributed by atoms with van der Waals surface area (Å²) < 4.78 is 0.593. The molecular weight excluding hydrogens is 279 g/mol. The van der Waals surface area contributed by atoms with E-state index in [1.165, 1.54) is 0 Å². The van der Waals surface area contributed by atoms with Gasteiger partial charge in [0.05, 0.1) is 10.2 Å². The van der Waals surface area contributed by atoms with Crippen LogP contribution in [0.5, 0.6) is 0 Å². The maximum atomic E-state index is 11.2. The van der Waals surface area contributed by atoms with Crippen LogP contribution in [0, 0.1) is 0 Å². The quantitative estimate of drug-likeness (QED) is 0.819. The van der Waals surface area contributed by atoms with E-state index in [1.807, 2.05) is 30.3 Å². The van der Waals surface area contributed by atoms with Gasteiger partial charge in [-0.25, -0.2) is 4.79 Å². The number of hydrogen-bond donors (Lipinski definition) is 1. The van der Waals surface area contributed by atoms with E-state index in [0.717, 1.165) is 5.56 Å². The summed E-state index contributed by atoms with van der Waals surface area (Å²) in [6.07, 6.45) is 0. The molecule has 15 heavy (non-hydrogen) atoms. The Morgan fingerprint density at radius 2 is 1.93 bits per heavy atom. The summed E-state index contributed by atoms with van der Waals surface area (Å²) in [6, 6.07) is 9.37. The Kier molecular flexibility index (Phi) is 2.88. The van der Waals surface area contributed by atoms with Gasteiger partial charge in [0.1, 0.15) is 5.15 Å². The highest BCUT2D eigenvalue weighted by atomic mass is 79.9. The van der Waals surface area contributed by atoms with Crippen LogP contribution in [0.3, 0.4) is 0 Å². The largest absolute Gasteiger partial charge is 0.346 e. The lowest BCUT2D eigenvalue weighted by Gasteiger charge is -2.03. The van der Waals surface area contributed by atoms with Gasteiger partial charge in [0.25, 0.3) is 0 Å². The van der Waals surface area contributed by atoms with Crippen molar-refractivity contribution in [2.24, 2.45) is 0 Å². The second-order valence-corrected chi connectivity index (χ2v) is 4.06. The van der Waals surface area contributed by atoms with Crippen LogP contribution in [-0.4, -0.2) is 9.97 Å². The molecule has 0 saturated carbocycles. The van der Waals surface area contributed by atoms with Gasteiger partial charge in [-0.2, -0.15) is 4.98 Å². The smallest absolute Gasteiger partial charge is 0.295 e. The Balaban J connectivity index is 2.68. The van der Waals surface area contributed by atoms with Crippen LogP contribution in [0.15, 0.2) is 39.6 Å². The molecule has 2 rings (SSSR count). The molecule has 1 aromatic carbocycles. The topological polar surface area (TPSA) is 45.8 Å². The molecule has 5 heteroatoms. The molecular formula is C10H6BrClN2O. The summed E-state index contributed by atoms with van der Waals surface area (Å²) in [6.45, 7) is 0. The summed E-state index contributed by atoms with van der Waals surface area (Å²) in [4.78, 5) is 17.4. The number of hydrogen-bond acceptors (Lipinski definition) is 2. The predicted octanol–water partition coefficient (Wildman–Crippen LogP) is 2.85. The second-order valence-electron chi connectivity index (χ2n) is 2.88. The maximum absolute atomic E-state index is 11.2. The summed E-state index contributed by atoms with van der Waals surface area (Å²) in [5.41, 5.74) is 0.934. The van der Waals surface area contributed by atoms with Crippen molar-refractivity contribution in [2.45, 2.75) is 0 Å². The lowest BCUT2D eigenvalue weighted by atomic mass is 10.1. The summed E-state index contributed by atoms with van der Waals surface area (Å²) >= 11 is 9.11. The van der Waals surface area contributed by atoms with E-state index in [2.05, 4.69) is 25.9 Å². The Bertz CT molecular complexity index is 539. The highest BCUT2D eigenvalue weighted by Crippen LogP contribution is 2.28. The third kappa shape index (κ3) is 2.11. The molecule has 3 nitrogen and oxygen atoms in total. The van der Waals surface area contributed by atoms with Gasteiger partial charge in [0.2, 0.25) is 0 Å². The van der Waals surface area contributed by atoms with E-state index in [-0.39, 0.29) is 5.15 Å². The van der Waals surface area contributed by atoms with E-state index in [1.54, 1.807) is 0 Å². The van der Waals surface area contributed by atoms with Gasteiger partial charge >= 0.3 is 5.69 Å². The fourth-order valence-electron chi connectivity index (χ4n) is 1.22. The van der Waals surface area contributed by atoms with Crippen LogP contribution < -0.4 is 5.69 Å². The Hall–Kier alpha value is -1.13. The molecule has 2 aromatic rings. The first-order valence-electron chi connectivity index (χ1n) is 4.19. The Morgan fingerprint density at radius 3 is 2.60 bits per heavy atom. The SMILES string of the molecule is O=c1nc(-c2ccccc2)c(Br)c(Cl)[nH]1. The standard InChI is InChI=1S/C10H6BrClN2O/c11-7-8(6-4-2-1-3-5-6)13-10(15)14-9(7)12/h1-5H,(H,13,14,15). The molecule has 1 aromatic heterocycles. The molecule has 0 unspecified atom stereocenters. The number of halogens is 2. The third-order valence-corrected chi connectivity index (χ3v) is 3.16. The van der Waals surface area contributed by atoms with Crippen molar-refractivity contribution in [3.63, 3.8) is 0 Å². The van der Waals surface area contributed by atoms with E-state index in [4.69, 9.17) is 11.6 Å². The van der Waals surface area contributed by atoms with Gasteiger partial charge in [-0.15, -0.1) is 0 Å². The molecule has 1 heterocycles. The second kappa shape index (κ2) is 4.16. The minimum absolute atomic E-state index is 0.258. The van der Waals surface area contributed by atoms with Crippen molar-refractivity contribution in [3.05, 3.63) is 50.4 Å². The third-order valence-electron chi connectivity index (χ3n) is 1.88. The zero-order valence-electron chi connectivity index (χ0n) is 7.50. The molecule has 0 spiro atoms. The van der Waals surface area contributed by atoms with Crippen molar-refractivity contribution in [3.8, 4) is 11.3 Å². The lowest BCUT2D eigenvalue weighted by Crippen LogP contribution is -2.11. The molecule has 0 aliphatic heterocycles. The molecule has 0 fully saturated rings. The zero-order chi connectivity index (χ0) is 10.8. The van der Waals surface area contributed by atoms with Crippen LogP contribution in [0.1, 0.15) is 0 Å². The van der Waals surface area contributed by atoms with Gasteiger partial charge in [0.15, 0.2) is 0 Å². The average molecular weight is 286 g/mol. The summed E-state index contributed by atoms with van der Waals surface area (Å²) in [5.74, 6) is 0. The molecule has 0 aliphatic rings. The fourth-order valence-corrected chi connectivity index (χ4v) is 1.81.